The molecule has 2 unspecified atom stereocenters. The number of carbonyl (C=O) groups excluding carboxylic acids is 1. The van der Waals surface area contributed by atoms with Crippen LogP contribution in [0.25, 0.3) is 5.65 Å². The molecule has 2 fully saturated rings. The van der Waals surface area contributed by atoms with Gasteiger partial charge in [-0.25, -0.2) is 4.98 Å². The van der Waals surface area contributed by atoms with Gasteiger partial charge in [-0.05, 0) is 30.3 Å². The summed E-state index contributed by atoms with van der Waals surface area (Å²) in [6.07, 6.45) is 4.79. The highest BCUT2D eigenvalue weighted by Gasteiger charge is 2.41. The van der Waals surface area contributed by atoms with Crippen LogP contribution < -0.4 is 5.32 Å². The van der Waals surface area contributed by atoms with E-state index in [0.29, 0.717) is 17.9 Å². The van der Waals surface area contributed by atoms with Crippen molar-refractivity contribution in [3.63, 3.8) is 0 Å². The van der Waals surface area contributed by atoms with Crippen LogP contribution in [0.1, 0.15) is 25.7 Å². The number of nitrogens with zero attached hydrogens (tertiary/aromatic N) is 5. The Bertz CT molecular complexity index is 788. The van der Waals surface area contributed by atoms with Gasteiger partial charge in [0.25, 0.3) is 0 Å². The normalized spacial score (nSPS) is 24.0. The molecule has 4 heterocycles. The number of imidazole rings is 1. The van der Waals surface area contributed by atoms with Crippen LogP contribution in [0.2, 0.25) is 0 Å². The van der Waals surface area contributed by atoms with E-state index >= 15 is 0 Å². The third kappa shape index (κ3) is 2.28. The number of hydrogen-bond donors (Lipinski definition) is 1. The van der Waals surface area contributed by atoms with Crippen LogP contribution in [-0.2, 0) is 4.79 Å². The summed E-state index contributed by atoms with van der Waals surface area (Å²) in [6, 6.07) is 3.60. The van der Waals surface area contributed by atoms with Gasteiger partial charge in [0.2, 0.25) is 11.6 Å². The molecule has 9 nitrogen and oxygen atoms in total. The molecule has 23 heavy (non-hydrogen) atoms. The maximum absolute atomic E-state index is 12.1. The maximum Gasteiger partial charge on any atom is 0.368 e. The molecule has 2 aromatic rings. The summed E-state index contributed by atoms with van der Waals surface area (Å²) in [4.78, 5) is 28.5. The highest BCUT2D eigenvalue weighted by atomic mass is 16.6. The van der Waals surface area contributed by atoms with Crippen molar-refractivity contribution in [1.82, 2.24) is 19.5 Å². The molecule has 0 bridgehead atoms. The molecule has 0 radical (unpaired) electrons. The van der Waals surface area contributed by atoms with Crippen LogP contribution in [0.4, 0.5) is 11.6 Å². The van der Waals surface area contributed by atoms with E-state index < -0.39 is 4.92 Å². The molecule has 4 rings (SSSR count). The van der Waals surface area contributed by atoms with Crippen LogP contribution in [0, 0.1) is 10.1 Å². The third-order valence-corrected chi connectivity index (χ3v) is 4.59. The van der Waals surface area contributed by atoms with Crippen LogP contribution in [-0.4, -0.2) is 49.0 Å². The average Bonchev–Trinajstić information content (AvgIpc) is 3.10. The van der Waals surface area contributed by atoms with Gasteiger partial charge in [-0.3, -0.25) is 4.79 Å². The van der Waals surface area contributed by atoms with Crippen molar-refractivity contribution in [2.45, 2.75) is 37.8 Å². The molecule has 2 saturated heterocycles. The Morgan fingerprint density at radius 1 is 1.35 bits per heavy atom. The Morgan fingerprint density at radius 2 is 2.22 bits per heavy atom. The quantitative estimate of drug-likeness (QED) is 0.674. The van der Waals surface area contributed by atoms with Gasteiger partial charge < -0.3 is 20.3 Å². The molecule has 2 atom stereocenters. The third-order valence-electron chi connectivity index (χ3n) is 4.59. The van der Waals surface area contributed by atoms with Crippen molar-refractivity contribution in [2.24, 2.45) is 0 Å². The summed E-state index contributed by atoms with van der Waals surface area (Å²) in [7, 11) is 0. The van der Waals surface area contributed by atoms with Gasteiger partial charge in [0, 0.05) is 19.0 Å². The van der Waals surface area contributed by atoms with E-state index in [-0.39, 0.29) is 23.8 Å². The first-order chi connectivity index (χ1) is 11.1. The fourth-order valence-corrected chi connectivity index (χ4v) is 3.53. The van der Waals surface area contributed by atoms with Gasteiger partial charge in [0.1, 0.15) is 6.20 Å². The van der Waals surface area contributed by atoms with Crippen molar-refractivity contribution >= 4 is 23.2 Å². The van der Waals surface area contributed by atoms with Crippen molar-refractivity contribution in [2.75, 3.05) is 11.9 Å². The summed E-state index contributed by atoms with van der Waals surface area (Å²) in [5.74, 6) is 0.510. The van der Waals surface area contributed by atoms with Gasteiger partial charge in [-0.1, -0.05) is 9.61 Å². The lowest BCUT2D eigenvalue weighted by atomic mass is 9.99. The van der Waals surface area contributed by atoms with Gasteiger partial charge >= 0.3 is 5.82 Å². The molecule has 0 aromatic carbocycles. The summed E-state index contributed by atoms with van der Waals surface area (Å²) >= 11 is 0. The summed E-state index contributed by atoms with van der Waals surface area (Å²) in [5.41, 5.74) is 0.420. The molecule has 0 aliphatic carbocycles. The smallest absolute Gasteiger partial charge is 0.362 e. The van der Waals surface area contributed by atoms with Crippen LogP contribution in [0.3, 0.4) is 0 Å². The topological polar surface area (TPSA) is 106 Å². The van der Waals surface area contributed by atoms with Gasteiger partial charge in [0.05, 0.1) is 12.1 Å². The number of rotatable bonds is 3. The first-order valence-corrected chi connectivity index (χ1v) is 7.68. The molecule has 0 spiro atoms. The molecule has 2 aliphatic rings. The lowest BCUT2D eigenvalue weighted by molar-refractivity contribution is -0.391. The fraction of sp³-hybridized carbons (Fsp3) is 0.500. The van der Waals surface area contributed by atoms with Crippen LogP contribution >= 0.6 is 0 Å². The molecule has 2 aromatic heterocycles. The summed E-state index contributed by atoms with van der Waals surface area (Å²) in [5, 5.41) is 18.5. The predicted octanol–water partition coefficient (Wildman–Crippen LogP) is 1.20. The van der Waals surface area contributed by atoms with Crippen molar-refractivity contribution in [3.8, 4) is 0 Å². The van der Waals surface area contributed by atoms with Crippen molar-refractivity contribution in [1.29, 1.82) is 0 Å². The minimum Gasteiger partial charge on any atom is -0.362 e. The Hall–Kier alpha value is -2.71. The summed E-state index contributed by atoms with van der Waals surface area (Å²) < 4.78 is 1.21. The Labute approximate surface area is 131 Å². The van der Waals surface area contributed by atoms with E-state index in [1.54, 1.807) is 12.1 Å². The van der Waals surface area contributed by atoms with Gasteiger partial charge in [-0.2, -0.15) is 0 Å². The standard InChI is InChI=1S/C14H16N6O3/c21-14-7-9(10-3-1-2-6-18(10)14)16-11-4-5-12-15-8-13(20(22)23)19(12)17-11/h4-5,8-10H,1-3,6-7H2,(H,16,17). The predicted molar refractivity (Wildman–Crippen MR) is 81.0 cm³/mol. The van der Waals surface area contributed by atoms with E-state index in [1.807, 2.05) is 4.90 Å². The first kappa shape index (κ1) is 13.9. The van der Waals surface area contributed by atoms with E-state index in [4.69, 9.17) is 0 Å². The second-order valence-electron chi connectivity index (χ2n) is 5.97. The lowest BCUT2D eigenvalue weighted by Crippen LogP contribution is -2.43. The van der Waals surface area contributed by atoms with Gasteiger partial charge in [-0.15, -0.1) is 0 Å². The number of nitrogens with one attached hydrogen (secondary N) is 1. The molecular weight excluding hydrogens is 300 g/mol. The van der Waals surface area contributed by atoms with E-state index in [0.717, 1.165) is 25.8 Å². The second kappa shape index (κ2) is 5.18. The largest absolute Gasteiger partial charge is 0.368 e. The molecule has 2 aliphatic heterocycles. The molecular formula is C14H16N6O3. The highest BCUT2D eigenvalue weighted by Crippen LogP contribution is 2.30. The average molecular weight is 316 g/mol. The number of piperidine rings is 1. The van der Waals surface area contributed by atoms with Crippen LogP contribution in [0.5, 0.6) is 0 Å². The minimum atomic E-state index is -0.515. The molecule has 120 valence electrons. The van der Waals surface area contributed by atoms with Gasteiger partial charge in [0.15, 0.2) is 5.82 Å². The van der Waals surface area contributed by atoms with Crippen molar-refractivity contribution in [3.05, 3.63) is 28.4 Å². The Morgan fingerprint density at radius 3 is 3.04 bits per heavy atom. The van der Waals surface area contributed by atoms with E-state index in [2.05, 4.69) is 15.4 Å². The number of amides is 1. The number of hydrogen-bond acceptors (Lipinski definition) is 6. The fourth-order valence-electron chi connectivity index (χ4n) is 3.53. The Balaban J connectivity index is 1.61. The molecule has 0 saturated carbocycles. The molecule has 1 amide bonds. The number of aromatic nitrogens is 3. The summed E-state index contributed by atoms with van der Waals surface area (Å²) in [6.45, 7) is 0.821. The second-order valence-corrected chi connectivity index (χ2v) is 5.97. The number of nitro groups is 1. The highest BCUT2D eigenvalue weighted by molar-refractivity contribution is 5.81. The van der Waals surface area contributed by atoms with Crippen LogP contribution in [0.15, 0.2) is 18.3 Å². The lowest BCUT2D eigenvalue weighted by Gasteiger charge is -2.32. The monoisotopic (exact) mass is 316 g/mol. The zero-order valence-electron chi connectivity index (χ0n) is 12.4. The maximum atomic E-state index is 12.1. The van der Waals surface area contributed by atoms with Crippen molar-refractivity contribution < 1.29 is 9.72 Å². The number of anilines is 1. The van der Waals surface area contributed by atoms with E-state index in [9.17, 15) is 14.9 Å². The minimum absolute atomic E-state index is 0.00433. The zero-order valence-corrected chi connectivity index (χ0v) is 12.4. The molecule has 9 heteroatoms. The zero-order chi connectivity index (χ0) is 16.0. The SMILES string of the molecule is O=C1CC(Nc2ccc3ncc([N+](=O)[O-])n3n2)C2CCCCN12. The Kier molecular flexibility index (Phi) is 3.14. The number of carbonyl (C=O) groups is 1. The number of fused-ring (bicyclic) bond motifs is 2. The first-order valence-electron chi connectivity index (χ1n) is 7.68. The van der Waals surface area contributed by atoms with E-state index in [1.165, 1.54) is 10.7 Å². The molecule has 1 N–H and O–H groups in total.